The minimum Gasteiger partial charge on any atom is -0.352 e. The number of hydrogen-bond donors (Lipinski definition) is 2. The minimum atomic E-state index is -0.0124. The minimum absolute atomic E-state index is 0.0124. The van der Waals surface area contributed by atoms with Gasteiger partial charge in [-0.2, -0.15) is 0 Å². The van der Waals surface area contributed by atoms with Crippen molar-refractivity contribution in [3.63, 3.8) is 0 Å². The van der Waals surface area contributed by atoms with E-state index in [4.69, 9.17) is 5.73 Å². The SMILES string of the molecule is CC(C)CCCCNC(=O)c1csc(C#CCN)c1. The molecule has 0 saturated heterocycles. The number of thiophene rings is 1. The van der Waals surface area contributed by atoms with Crippen molar-refractivity contribution < 1.29 is 4.79 Å². The molecule has 0 aliphatic rings. The fourth-order valence-corrected chi connectivity index (χ4v) is 2.40. The summed E-state index contributed by atoms with van der Waals surface area (Å²) < 4.78 is 0. The molecule has 1 heterocycles. The third kappa shape index (κ3) is 6.42. The Bertz CT molecular complexity index is 454. The highest BCUT2D eigenvalue weighted by Gasteiger charge is 2.07. The molecule has 0 aliphatic carbocycles. The molecular weight excluding hydrogens is 256 g/mol. The Morgan fingerprint density at radius 3 is 2.95 bits per heavy atom. The Hall–Kier alpha value is -1.31. The molecule has 0 radical (unpaired) electrons. The van der Waals surface area contributed by atoms with Gasteiger partial charge in [-0.15, -0.1) is 11.3 Å². The van der Waals surface area contributed by atoms with E-state index in [0.29, 0.717) is 12.1 Å². The van der Waals surface area contributed by atoms with Gasteiger partial charge in [0.1, 0.15) is 0 Å². The van der Waals surface area contributed by atoms with Crippen LogP contribution in [0.5, 0.6) is 0 Å². The van der Waals surface area contributed by atoms with Gasteiger partial charge >= 0.3 is 0 Å². The standard InChI is InChI=1S/C15H22N2OS/c1-12(2)6-3-4-9-17-15(18)13-10-14(19-11-13)7-5-8-16/h10-12H,3-4,6,8-9,16H2,1-2H3,(H,17,18). The molecular formula is C15H22N2OS. The van der Waals surface area contributed by atoms with Crippen LogP contribution in [0.25, 0.3) is 0 Å². The lowest BCUT2D eigenvalue weighted by Gasteiger charge is -2.05. The Balaban J connectivity index is 2.31. The summed E-state index contributed by atoms with van der Waals surface area (Å²) in [6.45, 7) is 5.52. The Kier molecular flexibility index (Phi) is 7.24. The van der Waals surface area contributed by atoms with Crippen molar-refractivity contribution in [3.8, 4) is 11.8 Å². The van der Waals surface area contributed by atoms with Gasteiger partial charge in [-0.25, -0.2) is 0 Å². The Labute approximate surface area is 119 Å². The molecule has 0 saturated carbocycles. The number of nitrogens with two attached hydrogens (primary N) is 1. The number of unbranched alkanes of at least 4 members (excludes halogenated alkanes) is 1. The van der Waals surface area contributed by atoms with Crippen LogP contribution in [0.2, 0.25) is 0 Å². The Morgan fingerprint density at radius 1 is 1.47 bits per heavy atom. The third-order valence-electron chi connectivity index (χ3n) is 2.67. The highest BCUT2D eigenvalue weighted by Crippen LogP contribution is 2.13. The van der Waals surface area contributed by atoms with Crippen molar-refractivity contribution in [1.29, 1.82) is 0 Å². The van der Waals surface area contributed by atoms with Crippen molar-refractivity contribution in [1.82, 2.24) is 5.32 Å². The highest BCUT2D eigenvalue weighted by molar-refractivity contribution is 7.10. The lowest BCUT2D eigenvalue weighted by Crippen LogP contribution is -2.23. The van der Waals surface area contributed by atoms with Crippen molar-refractivity contribution >= 4 is 17.2 Å². The van der Waals surface area contributed by atoms with Crippen LogP contribution in [0.15, 0.2) is 11.4 Å². The molecule has 1 aromatic heterocycles. The monoisotopic (exact) mass is 278 g/mol. The summed E-state index contributed by atoms with van der Waals surface area (Å²) in [5.41, 5.74) is 6.00. The van der Waals surface area contributed by atoms with Crippen molar-refractivity contribution in [2.75, 3.05) is 13.1 Å². The molecule has 0 unspecified atom stereocenters. The predicted octanol–water partition coefficient (Wildman–Crippen LogP) is 2.61. The van der Waals surface area contributed by atoms with Crippen molar-refractivity contribution in [2.24, 2.45) is 11.7 Å². The summed E-state index contributed by atoms with van der Waals surface area (Å²) in [6, 6.07) is 1.82. The molecule has 3 N–H and O–H groups in total. The normalized spacial score (nSPS) is 10.1. The van der Waals surface area contributed by atoms with Crippen LogP contribution in [0.4, 0.5) is 0 Å². The quantitative estimate of drug-likeness (QED) is 0.621. The van der Waals surface area contributed by atoms with Crippen LogP contribution in [0.1, 0.15) is 48.3 Å². The summed E-state index contributed by atoms with van der Waals surface area (Å²) in [7, 11) is 0. The van der Waals surface area contributed by atoms with Gasteiger partial charge in [0, 0.05) is 11.9 Å². The zero-order valence-corrected chi connectivity index (χ0v) is 12.5. The highest BCUT2D eigenvalue weighted by atomic mass is 32.1. The van der Waals surface area contributed by atoms with E-state index in [1.54, 1.807) is 0 Å². The number of hydrogen-bond acceptors (Lipinski definition) is 3. The number of carbonyl (C=O) groups is 1. The van der Waals surface area contributed by atoms with Crippen LogP contribution in [0, 0.1) is 17.8 Å². The van der Waals surface area contributed by atoms with Gasteiger partial charge in [-0.3, -0.25) is 4.79 Å². The average Bonchev–Trinajstić information content (AvgIpc) is 2.84. The summed E-state index contributed by atoms with van der Waals surface area (Å²) in [6.07, 6.45) is 3.41. The Morgan fingerprint density at radius 2 is 2.26 bits per heavy atom. The van der Waals surface area contributed by atoms with Gasteiger partial charge in [0.25, 0.3) is 5.91 Å². The van der Waals surface area contributed by atoms with Crippen LogP contribution < -0.4 is 11.1 Å². The largest absolute Gasteiger partial charge is 0.352 e. The predicted molar refractivity (Wildman–Crippen MR) is 81.3 cm³/mol. The number of rotatable bonds is 6. The second-order valence-corrected chi connectivity index (χ2v) is 5.76. The zero-order chi connectivity index (χ0) is 14.1. The van der Waals surface area contributed by atoms with E-state index >= 15 is 0 Å². The average molecular weight is 278 g/mol. The van der Waals surface area contributed by atoms with E-state index in [0.717, 1.165) is 30.2 Å². The molecule has 19 heavy (non-hydrogen) atoms. The number of carbonyl (C=O) groups excluding carboxylic acids is 1. The van der Waals surface area contributed by atoms with Crippen molar-refractivity contribution in [3.05, 3.63) is 21.9 Å². The van der Waals surface area contributed by atoms with Crippen LogP contribution in [-0.2, 0) is 0 Å². The molecule has 4 heteroatoms. The molecule has 3 nitrogen and oxygen atoms in total. The van der Waals surface area contributed by atoms with Crippen LogP contribution >= 0.6 is 11.3 Å². The van der Waals surface area contributed by atoms with E-state index in [1.165, 1.54) is 17.8 Å². The van der Waals surface area contributed by atoms with Crippen LogP contribution in [0.3, 0.4) is 0 Å². The van der Waals surface area contributed by atoms with E-state index in [-0.39, 0.29) is 5.91 Å². The maximum Gasteiger partial charge on any atom is 0.252 e. The maximum atomic E-state index is 11.9. The lowest BCUT2D eigenvalue weighted by molar-refractivity contribution is 0.0953. The topological polar surface area (TPSA) is 55.1 Å². The van der Waals surface area contributed by atoms with Gasteiger partial charge < -0.3 is 11.1 Å². The summed E-state index contributed by atoms with van der Waals surface area (Å²) in [5, 5.41) is 4.77. The first-order valence-electron chi connectivity index (χ1n) is 6.69. The first-order chi connectivity index (χ1) is 9.13. The van der Waals surface area contributed by atoms with Gasteiger partial charge in [-0.05, 0) is 18.4 Å². The van der Waals surface area contributed by atoms with Gasteiger partial charge in [0.05, 0.1) is 17.0 Å². The fraction of sp³-hybridized carbons (Fsp3) is 0.533. The van der Waals surface area contributed by atoms with E-state index in [2.05, 4.69) is 31.0 Å². The molecule has 0 spiro atoms. The summed E-state index contributed by atoms with van der Waals surface area (Å²) in [4.78, 5) is 12.7. The van der Waals surface area contributed by atoms with E-state index < -0.39 is 0 Å². The number of nitrogens with one attached hydrogen (secondary N) is 1. The van der Waals surface area contributed by atoms with E-state index in [9.17, 15) is 4.79 Å². The maximum absolute atomic E-state index is 11.9. The molecule has 0 aliphatic heterocycles. The van der Waals surface area contributed by atoms with Crippen molar-refractivity contribution in [2.45, 2.75) is 33.1 Å². The summed E-state index contributed by atoms with van der Waals surface area (Å²) >= 11 is 1.48. The second-order valence-electron chi connectivity index (χ2n) is 4.85. The summed E-state index contributed by atoms with van der Waals surface area (Å²) in [5.74, 6) is 6.44. The molecule has 0 bridgehead atoms. The lowest BCUT2D eigenvalue weighted by atomic mass is 10.1. The van der Waals surface area contributed by atoms with E-state index in [1.807, 2.05) is 11.4 Å². The number of amides is 1. The van der Waals surface area contributed by atoms with Gasteiger partial charge in [-0.1, -0.05) is 38.5 Å². The first-order valence-corrected chi connectivity index (χ1v) is 7.57. The zero-order valence-electron chi connectivity index (χ0n) is 11.7. The molecule has 1 amide bonds. The van der Waals surface area contributed by atoms with Crippen LogP contribution in [-0.4, -0.2) is 19.0 Å². The smallest absolute Gasteiger partial charge is 0.252 e. The third-order valence-corrected chi connectivity index (χ3v) is 3.51. The van der Waals surface area contributed by atoms with Gasteiger partial charge in [0.2, 0.25) is 0 Å². The molecule has 1 rings (SSSR count). The molecule has 104 valence electrons. The van der Waals surface area contributed by atoms with Gasteiger partial charge in [0.15, 0.2) is 0 Å². The second kappa shape index (κ2) is 8.73. The molecule has 0 atom stereocenters. The fourth-order valence-electron chi connectivity index (χ4n) is 1.64. The first kappa shape index (κ1) is 15.7. The molecule has 0 aromatic carbocycles. The molecule has 1 aromatic rings. The molecule has 0 fully saturated rings.